The Morgan fingerprint density at radius 3 is 2.80 bits per heavy atom. The molecule has 10 heteroatoms. The Labute approximate surface area is 112 Å². The van der Waals surface area contributed by atoms with Crippen LogP contribution in [0.5, 0.6) is 0 Å². The molecule has 0 atom stereocenters. The van der Waals surface area contributed by atoms with E-state index < -0.39 is 11.9 Å². The molecular formula is C10H11N7O3. The Hall–Kier alpha value is -3.04. The molecule has 2 aromatic heterocycles. The fourth-order valence-electron chi connectivity index (χ4n) is 1.46. The monoisotopic (exact) mass is 277 g/mol. The predicted molar refractivity (Wildman–Crippen MR) is 65.5 cm³/mol. The third-order valence-corrected chi connectivity index (χ3v) is 2.25. The molecule has 0 bridgehead atoms. The maximum absolute atomic E-state index is 11.1. The smallest absolute Gasteiger partial charge is 0.325 e. The van der Waals surface area contributed by atoms with Crippen LogP contribution < -0.4 is 11.1 Å². The highest BCUT2D eigenvalue weighted by atomic mass is 16.4. The van der Waals surface area contributed by atoms with Gasteiger partial charge >= 0.3 is 5.97 Å². The Morgan fingerprint density at radius 2 is 2.10 bits per heavy atom. The number of nitrogens with one attached hydrogen (secondary N) is 1. The summed E-state index contributed by atoms with van der Waals surface area (Å²) in [4.78, 5) is 29.4. The zero-order chi connectivity index (χ0) is 14.5. The van der Waals surface area contributed by atoms with E-state index in [1.165, 1.54) is 23.3 Å². The van der Waals surface area contributed by atoms with E-state index in [4.69, 9.17) is 10.8 Å². The zero-order valence-electron chi connectivity index (χ0n) is 10.2. The summed E-state index contributed by atoms with van der Waals surface area (Å²) in [5, 5.41) is 18.9. The van der Waals surface area contributed by atoms with Crippen LogP contribution in [0, 0.1) is 0 Å². The van der Waals surface area contributed by atoms with Gasteiger partial charge in [0, 0.05) is 12.4 Å². The van der Waals surface area contributed by atoms with Crippen LogP contribution in [0.1, 0.15) is 16.2 Å². The second-order valence-electron chi connectivity index (χ2n) is 3.77. The molecule has 1 amide bonds. The van der Waals surface area contributed by atoms with Crippen LogP contribution in [0.25, 0.3) is 0 Å². The van der Waals surface area contributed by atoms with Gasteiger partial charge in [-0.05, 0) is 0 Å². The van der Waals surface area contributed by atoms with Crippen LogP contribution in [-0.2, 0) is 17.9 Å². The molecule has 20 heavy (non-hydrogen) atoms. The summed E-state index contributed by atoms with van der Waals surface area (Å²) < 4.78 is 1.19. The molecule has 104 valence electrons. The average Bonchev–Trinajstić information content (AvgIpc) is 2.83. The van der Waals surface area contributed by atoms with E-state index >= 15 is 0 Å². The summed E-state index contributed by atoms with van der Waals surface area (Å²) >= 11 is 0. The largest absolute Gasteiger partial charge is 0.480 e. The Bertz CT molecular complexity index is 639. The molecule has 2 rings (SSSR count). The van der Waals surface area contributed by atoms with Gasteiger partial charge in [-0.15, -0.1) is 5.10 Å². The van der Waals surface area contributed by atoms with E-state index in [1.54, 1.807) is 0 Å². The van der Waals surface area contributed by atoms with E-state index in [1.807, 2.05) is 0 Å². The van der Waals surface area contributed by atoms with Crippen molar-refractivity contribution in [2.75, 3.05) is 5.32 Å². The number of nitrogens with zero attached hydrogens (tertiary/aromatic N) is 5. The highest BCUT2D eigenvalue weighted by Crippen LogP contribution is 2.08. The molecule has 0 spiro atoms. The minimum atomic E-state index is -1.01. The summed E-state index contributed by atoms with van der Waals surface area (Å²) in [6, 6.07) is 0. The Balaban J connectivity index is 2.04. The number of amides is 1. The van der Waals surface area contributed by atoms with Gasteiger partial charge in [0.05, 0.1) is 12.7 Å². The van der Waals surface area contributed by atoms with Crippen molar-refractivity contribution in [1.82, 2.24) is 25.0 Å². The fraction of sp³-hybridized carbons (Fsp3) is 0.200. The molecule has 0 radical (unpaired) electrons. The van der Waals surface area contributed by atoms with Crippen molar-refractivity contribution in [3.05, 3.63) is 30.0 Å². The number of anilines is 1. The van der Waals surface area contributed by atoms with Crippen LogP contribution in [0.3, 0.4) is 0 Å². The lowest BCUT2D eigenvalue weighted by molar-refractivity contribution is -0.137. The molecule has 0 unspecified atom stereocenters. The summed E-state index contributed by atoms with van der Waals surface area (Å²) in [5.74, 6) is -1.48. The molecule has 0 saturated carbocycles. The Morgan fingerprint density at radius 1 is 1.35 bits per heavy atom. The highest BCUT2D eigenvalue weighted by molar-refractivity contribution is 5.95. The molecule has 0 saturated heterocycles. The van der Waals surface area contributed by atoms with Gasteiger partial charge in [0.25, 0.3) is 5.91 Å². The first-order valence-electron chi connectivity index (χ1n) is 5.51. The van der Waals surface area contributed by atoms with E-state index in [0.29, 0.717) is 5.69 Å². The van der Waals surface area contributed by atoms with E-state index in [2.05, 4.69) is 25.6 Å². The lowest BCUT2D eigenvalue weighted by Gasteiger charge is -2.05. The van der Waals surface area contributed by atoms with Crippen molar-refractivity contribution in [1.29, 1.82) is 0 Å². The number of primary amides is 1. The predicted octanol–water partition coefficient (Wildman–Crippen LogP) is -1.14. The van der Waals surface area contributed by atoms with Gasteiger partial charge < -0.3 is 16.2 Å². The van der Waals surface area contributed by atoms with Gasteiger partial charge in [-0.1, -0.05) is 5.21 Å². The maximum Gasteiger partial charge on any atom is 0.325 e. The number of carboxylic acids is 1. The lowest BCUT2D eigenvalue weighted by atomic mass is 10.3. The summed E-state index contributed by atoms with van der Waals surface area (Å²) in [6.45, 7) is -0.0662. The lowest BCUT2D eigenvalue weighted by Crippen LogP contribution is -2.17. The van der Waals surface area contributed by atoms with Crippen LogP contribution in [-0.4, -0.2) is 41.9 Å². The van der Waals surface area contributed by atoms with E-state index in [0.717, 1.165) is 0 Å². The summed E-state index contributed by atoms with van der Waals surface area (Å²) in [5.41, 5.74) is 5.68. The van der Waals surface area contributed by atoms with Crippen LogP contribution >= 0.6 is 0 Å². The van der Waals surface area contributed by atoms with E-state index in [9.17, 15) is 9.59 Å². The average molecular weight is 277 g/mol. The molecule has 0 fully saturated rings. The first kappa shape index (κ1) is 13.4. The molecule has 2 heterocycles. The van der Waals surface area contributed by atoms with Gasteiger partial charge in [0.1, 0.15) is 12.2 Å². The van der Waals surface area contributed by atoms with Crippen molar-refractivity contribution in [3.63, 3.8) is 0 Å². The molecule has 10 nitrogen and oxygen atoms in total. The van der Waals surface area contributed by atoms with Crippen LogP contribution in [0.15, 0.2) is 18.6 Å². The number of carbonyl (C=O) groups excluding carboxylic acids is 1. The second-order valence-corrected chi connectivity index (χ2v) is 3.77. The SMILES string of the molecule is NC(=O)c1nccnc1NCc1cn(CC(=O)O)nn1. The van der Waals surface area contributed by atoms with E-state index in [-0.39, 0.29) is 24.6 Å². The number of hydrogen-bond acceptors (Lipinski definition) is 7. The van der Waals surface area contributed by atoms with Crippen LogP contribution in [0.4, 0.5) is 5.82 Å². The quantitative estimate of drug-likeness (QED) is 0.600. The van der Waals surface area contributed by atoms with Gasteiger partial charge in [0.15, 0.2) is 11.5 Å². The normalized spacial score (nSPS) is 10.2. The highest BCUT2D eigenvalue weighted by Gasteiger charge is 2.11. The minimum Gasteiger partial charge on any atom is -0.480 e. The van der Waals surface area contributed by atoms with Gasteiger partial charge in [0.2, 0.25) is 0 Å². The van der Waals surface area contributed by atoms with Gasteiger partial charge in [-0.2, -0.15) is 0 Å². The third kappa shape index (κ3) is 3.25. The summed E-state index contributed by atoms with van der Waals surface area (Å²) in [6.07, 6.45) is 4.24. The first-order valence-corrected chi connectivity index (χ1v) is 5.51. The standard InChI is InChI=1S/C10H11N7O3/c11-9(20)8-10(13-2-1-12-8)14-3-6-4-17(16-15-6)5-7(18)19/h1-2,4H,3,5H2,(H2,11,20)(H,13,14)(H,18,19). The van der Waals surface area contributed by atoms with Gasteiger partial charge in [-0.25, -0.2) is 14.6 Å². The van der Waals surface area contributed by atoms with Gasteiger partial charge in [-0.3, -0.25) is 9.59 Å². The molecule has 0 aliphatic heterocycles. The Kier molecular flexibility index (Phi) is 3.84. The number of aliphatic carboxylic acids is 1. The number of nitrogens with two attached hydrogens (primary N) is 1. The molecule has 2 aromatic rings. The van der Waals surface area contributed by atoms with Crippen molar-refractivity contribution in [2.24, 2.45) is 5.73 Å². The third-order valence-electron chi connectivity index (χ3n) is 2.25. The van der Waals surface area contributed by atoms with Crippen LogP contribution in [0.2, 0.25) is 0 Å². The molecular weight excluding hydrogens is 266 g/mol. The zero-order valence-corrected chi connectivity index (χ0v) is 10.2. The molecule has 0 aliphatic carbocycles. The van der Waals surface area contributed by atoms with Crippen molar-refractivity contribution in [3.8, 4) is 0 Å². The molecule has 4 N–H and O–H groups in total. The number of aromatic nitrogens is 5. The molecule has 0 aromatic carbocycles. The fourth-order valence-corrected chi connectivity index (χ4v) is 1.46. The summed E-state index contributed by atoms with van der Waals surface area (Å²) in [7, 11) is 0. The molecule has 0 aliphatic rings. The topological polar surface area (TPSA) is 149 Å². The first-order chi connectivity index (χ1) is 9.56. The number of carbonyl (C=O) groups is 2. The number of hydrogen-bond donors (Lipinski definition) is 3. The van der Waals surface area contributed by atoms with Crippen molar-refractivity contribution in [2.45, 2.75) is 13.1 Å². The van der Waals surface area contributed by atoms with Crippen molar-refractivity contribution < 1.29 is 14.7 Å². The van der Waals surface area contributed by atoms with Crippen molar-refractivity contribution >= 4 is 17.7 Å². The minimum absolute atomic E-state index is 0.0189. The maximum atomic E-state index is 11.1. The number of rotatable bonds is 6. The number of carboxylic acid groups (broad SMARTS) is 1. The second kappa shape index (κ2) is 5.73.